The number of amides is 2. The van der Waals surface area contributed by atoms with Crippen molar-refractivity contribution in [2.45, 2.75) is 39.2 Å². The van der Waals surface area contributed by atoms with E-state index in [1.54, 1.807) is 37.4 Å². The van der Waals surface area contributed by atoms with Crippen molar-refractivity contribution in [2.75, 3.05) is 26.1 Å². The summed E-state index contributed by atoms with van der Waals surface area (Å²) in [5.41, 5.74) is 2.51. The molecular weight excluding hydrogens is 368 g/mol. The third-order valence-electron chi connectivity index (χ3n) is 5.44. The Balaban J connectivity index is 1.79. The first-order valence-electron chi connectivity index (χ1n) is 9.89. The highest BCUT2D eigenvalue weighted by molar-refractivity contribution is 6.07. The second kappa shape index (κ2) is 8.99. The summed E-state index contributed by atoms with van der Waals surface area (Å²) in [6, 6.07) is 10.7. The van der Waals surface area contributed by atoms with Crippen molar-refractivity contribution in [3.8, 4) is 11.5 Å². The van der Waals surface area contributed by atoms with Gasteiger partial charge in [-0.2, -0.15) is 0 Å². The Morgan fingerprint density at radius 2 is 1.86 bits per heavy atom. The Morgan fingerprint density at radius 3 is 2.52 bits per heavy atom. The molecule has 1 aliphatic rings. The van der Waals surface area contributed by atoms with E-state index in [2.05, 4.69) is 12.2 Å². The summed E-state index contributed by atoms with van der Waals surface area (Å²) >= 11 is 0. The molecule has 1 heterocycles. The van der Waals surface area contributed by atoms with Gasteiger partial charge in [-0.05, 0) is 75.1 Å². The zero-order valence-electron chi connectivity index (χ0n) is 17.5. The molecule has 0 bridgehead atoms. The molecule has 6 heteroatoms. The Morgan fingerprint density at radius 1 is 1.07 bits per heavy atom. The Hall–Kier alpha value is -3.02. The second-order valence-corrected chi connectivity index (χ2v) is 7.39. The number of hydrogen-bond acceptors (Lipinski definition) is 4. The Labute approximate surface area is 171 Å². The summed E-state index contributed by atoms with van der Waals surface area (Å²) in [6.45, 7) is 4.78. The summed E-state index contributed by atoms with van der Waals surface area (Å²) < 4.78 is 10.5. The summed E-state index contributed by atoms with van der Waals surface area (Å²) in [5, 5.41) is 2.91. The number of ether oxygens (including phenoxy) is 2. The van der Waals surface area contributed by atoms with E-state index in [9.17, 15) is 9.59 Å². The van der Waals surface area contributed by atoms with Crippen LogP contribution in [0.2, 0.25) is 0 Å². The topological polar surface area (TPSA) is 67.9 Å². The Bertz CT molecular complexity index is 910. The van der Waals surface area contributed by atoms with Crippen molar-refractivity contribution in [3.63, 3.8) is 0 Å². The number of hydrogen-bond donors (Lipinski definition) is 1. The van der Waals surface area contributed by atoms with Gasteiger partial charge < -0.3 is 19.7 Å². The maximum absolute atomic E-state index is 12.9. The van der Waals surface area contributed by atoms with E-state index >= 15 is 0 Å². The molecule has 0 radical (unpaired) electrons. The molecule has 2 aromatic rings. The van der Waals surface area contributed by atoms with Crippen LogP contribution < -0.4 is 14.8 Å². The predicted octanol–water partition coefficient (Wildman–Crippen LogP) is 4.28. The standard InChI is InChI=1S/C23H28N2O4/c1-15-13-17(23(27)25-12-6-5-7-16(25)2)8-10-20(15)24-22(26)19-14-18(28-3)9-11-21(19)29-4/h8-11,13-14,16H,5-7,12H2,1-4H3,(H,24,26). The summed E-state index contributed by atoms with van der Waals surface area (Å²) in [4.78, 5) is 27.6. The van der Waals surface area contributed by atoms with Gasteiger partial charge in [-0.25, -0.2) is 0 Å². The van der Waals surface area contributed by atoms with Gasteiger partial charge in [0.1, 0.15) is 11.5 Å². The van der Waals surface area contributed by atoms with Crippen molar-refractivity contribution in [1.82, 2.24) is 4.90 Å². The van der Waals surface area contributed by atoms with Crippen LogP contribution in [0.1, 0.15) is 52.5 Å². The molecule has 0 aromatic heterocycles. The predicted molar refractivity (Wildman–Crippen MR) is 113 cm³/mol. The minimum atomic E-state index is -0.299. The van der Waals surface area contributed by atoms with Gasteiger partial charge in [-0.3, -0.25) is 9.59 Å². The SMILES string of the molecule is COc1ccc(OC)c(C(=O)Nc2ccc(C(=O)N3CCCCC3C)cc2C)c1. The van der Waals surface area contributed by atoms with Crippen molar-refractivity contribution < 1.29 is 19.1 Å². The number of carbonyl (C=O) groups is 2. The number of nitrogens with one attached hydrogen (secondary N) is 1. The van der Waals surface area contributed by atoms with Crippen LogP contribution in [0.4, 0.5) is 5.69 Å². The van der Waals surface area contributed by atoms with Crippen LogP contribution in [0.3, 0.4) is 0 Å². The van der Waals surface area contributed by atoms with E-state index < -0.39 is 0 Å². The zero-order valence-corrected chi connectivity index (χ0v) is 17.5. The highest BCUT2D eigenvalue weighted by Gasteiger charge is 2.24. The fraction of sp³-hybridized carbons (Fsp3) is 0.391. The molecule has 1 saturated heterocycles. The van der Waals surface area contributed by atoms with E-state index in [0.717, 1.165) is 24.9 Å². The van der Waals surface area contributed by atoms with E-state index in [-0.39, 0.29) is 17.9 Å². The minimum Gasteiger partial charge on any atom is -0.497 e. The number of anilines is 1. The molecular formula is C23H28N2O4. The molecule has 0 spiro atoms. The van der Waals surface area contributed by atoms with Crippen molar-refractivity contribution in [2.24, 2.45) is 0 Å². The molecule has 2 amide bonds. The van der Waals surface area contributed by atoms with Crippen molar-refractivity contribution in [3.05, 3.63) is 53.1 Å². The molecule has 1 N–H and O–H groups in total. The van der Waals surface area contributed by atoms with Gasteiger partial charge in [0, 0.05) is 23.8 Å². The largest absolute Gasteiger partial charge is 0.497 e. The molecule has 6 nitrogen and oxygen atoms in total. The lowest BCUT2D eigenvalue weighted by Gasteiger charge is -2.33. The quantitative estimate of drug-likeness (QED) is 0.819. The number of rotatable bonds is 5. The van der Waals surface area contributed by atoms with Crippen LogP contribution in [0.5, 0.6) is 11.5 Å². The van der Waals surface area contributed by atoms with Crippen LogP contribution in [-0.2, 0) is 0 Å². The number of nitrogens with zero attached hydrogens (tertiary/aromatic N) is 1. The van der Waals surface area contributed by atoms with Gasteiger partial charge in [0.05, 0.1) is 19.8 Å². The molecule has 29 heavy (non-hydrogen) atoms. The minimum absolute atomic E-state index is 0.0487. The lowest BCUT2D eigenvalue weighted by molar-refractivity contribution is 0.0635. The highest BCUT2D eigenvalue weighted by Crippen LogP contribution is 2.26. The van der Waals surface area contributed by atoms with Crippen molar-refractivity contribution in [1.29, 1.82) is 0 Å². The van der Waals surface area contributed by atoms with Crippen LogP contribution in [-0.4, -0.2) is 43.5 Å². The van der Waals surface area contributed by atoms with E-state index in [4.69, 9.17) is 9.47 Å². The normalized spacial score (nSPS) is 16.3. The van der Waals surface area contributed by atoms with Crippen LogP contribution in [0, 0.1) is 6.92 Å². The number of aryl methyl sites for hydroxylation is 1. The fourth-order valence-corrected chi connectivity index (χ4v) is 3.68. The van der Waals surface area contributed by atoms with Crippen molar-refractivity contribution >= 4 is 17.5 Å². The maximum atomic E-state index is 12.9. The van der Waals surface area contributed by atoms with Crippen LogP contribution in [0.15, 0.2) is 36.4 Å². The number of carbonyl (C=O) groups excluding carboxylic acids is 2. The fourth-order valence-electron chi connectivity index (χ4n) is 3.68. The number of benzene rings is 2. The second-order valence-electron chi connectivity index (χ2n) is 7.39. The summed E-state index contributed by atoms with van der Waals surface area (Å²) in [6.07, 6.45) is 3.26. The first-order valence-corrected chi connectivity index (χ1v) is 9.89. The number of piperidine rings is 1. The van der Waals surface area contributed by atoms with E-state index in [1.807, 2.05) is 17.9 Å². The molecule has 1 fully saturated rings. The molecule has 154 valence electrons. The molecule has 1 unspecified atom stereocenters. The smallest absolute Gasteiger partial charge is 0.259 e. The van der Waals surface area contributed by atoms with E-state index in [0.29, 0.717) is 28.3 Å². The van der Waals surface area contributed by atoms with Gasteiger partial charge >= 0.3 is 0 Å². The first kappa shape index (κ1) is 20.7. The summed E-state index contributed by atoms with van der Waals surface area (Å²) in [7, 11) is 3.07. The van der Waals surface area contributed by atoms with Crippen LogP contribution >= 0.6 is 0 Å². The Kier molecular flexibility index (Phi) is 6.42. The molecule has 0 aliphatic carbocycles. The lowest BCUT2D eigenvalue weighted by Crippen LogP contribution is -2.42. The van der Waals surface area contributed by atoms with Gasteiger partial charge in [0.15, 0.2) is 0 Å². The molecule has 3 rings (SSSR count). The molecule has 0 saturated carbocycles. The van der Waals surface area contributed by atoms with Gasteiger partial charge in [-0.1, -0.05) is 0 Å². The van der Waals surface area contributed by atoms with Gasteiger partial charge in [0.2, 0.25) is 0 Å². The zero-order chi connectivity index (χ0) is 21.0. The maximum Gasteiger partial charge on any atom is 0.259 e. The monoisotopic (exact) mass is 396 g/mol. The third-order valence-corrected chi connectivity index (χ3v) is 5.44. The highest BCUT2D eigenvalue weighted by atomic mass is 16.5. The summed E-state index contributed by atoms with van der Waals surface area (Å²) in [5.74, 6) is 0.788. The van der Waals surface area contributed by atoms with Gasteiger partial charge in [-0.15, -0.1) is 0 Å². The molecule has 2 aromatic carbocycles. The lowest BCUT2D eigenvalue weighted by atomic mass is 10.0. The number of likely N-dealkylation sites (tertiary alicyclic amines) is 1. The van der Waals surface area contributed by atoms with E-state index in [1.165, 1.54) is 13.5 Å². The average molecular weight is 396 g/mol. The third kappa shape index (κ3) is 4.53. The average Bonchev–Trinajstić information content (AvgIpc) is 2.74. The van der Waals surface area contributed by atoms with Gasteiger partial charge in [0.25, 0.3) is 11.8 Å². The molecule has 1 atom stereocenters. The molecule has 1 aliphatic heterocycles. The van der Waals surface area contributed by atoms with Crippen LogP contribution in [0.25, 0.3) is 0 Å². The first-order chi connectivity index (χ1) is 13.9. The number of methoxy groups -OCH3 is 2.